The van der Waals surface area contributed by atoms with Crippen LogP contribution < -0.4 is 0 Å². The van der Waals surface area contributed by atoms with Crippen LogP contribution >= 0.6 is 0 Å². The van der Waals surface area contributed by atoms with Gasteiger partial charge in [0, 0.05) is 6.07 Å². The van der Waals surface area contributed by atoms with Crippen LogP contribution in [-0.4, -0.2) is 41.3 Å². The zero-order valence-electron chi connectivity index (χ0n) is 9.57. The van der Waals surface area contributed by atoms with E-state index in [-0.39, 0.29) is 12.7 Å². The van der Waals surface area contributed by atoms with Crippen LogP contribution in [0.4, 0.5) is 5.69 Å². The third-order valence-corrected chi connectivity index (χ3v) is 2.48. The molecule has 1 unspecified atom stereocenters. The summed E-state index contributed by atoms with van der Waals surface area (Å²) in [6, 6.07) is 3.36. The minimum Gasteiger partial charge on any atom is -0.478 e. The van der Waals surface area contributed by atoms with Gasteiger partial charge in [0.1, 0.15) is 12.7 Å². The summed E-state index contributed by atoms with van der Waals surface area (Å²) < 4.78 is 9.62. The van der Waals surface area contributed by atoms with Gasteiger partial charge in [-0.15, -0.1) is 0 Å². The summed E-state index contributed by atoms with van der Waals surface area (Å²) in [5.74, 6) is -2.47. The number of hydrogen-bond donors (Lipinski definition) is 1. The average Bonchev–Trinajstić information content (AvgIpc) is 3.18. The largest absolute Gasteiger partial charge is 0.478 e. The van der Waals surface area contributed by atoms with Crippen molar-refractivity contribution in [3.05, 3.63) is 39.4 Å². The predicted octanol–water partition coefficient (Wildman–Crippen LogP) is 0.849. The molecule has 1 aliphatic heterocycles. The molecule has 1 heterocycles. The molecule has 0 spiro atoms. The molecule has 2 rings (SSSR count). The monoisotopic (exact) mass is 267 g/mol. The fourth-order valence-corrected chi connectivity index (χ4v) is 1.49. The van der Waals surface area contributed by atoms with Crippen LogP contribution in [-0.2, 0) is 9.47 Å². The molecular formula is C11H9NO7. The molecule has 8 nitrogen and oxygen atoms in total. The van der Waals surface area contributed by atoms with Crippen LogP contribution in [0, 0.1) is 10.1 Å². The maximum Gasteiger partial charge on any atom is 0.346 e. The lowest BCUT2D eigenvalue weighted by Crippen LogP contribution is -2.16. The fraction of sp³-hybridized carbons (Fsp3) is 0.273. The van der Waals surface area contributed by atoms with Gasteiger partial charge in [-0.05, 0) is 6.07 Å². The summed E-state index contributed by atoms with van der Waals surface area (Å²) in [4.78, 5) is 32.8. The number of aromatic carboxylic acids is 1. The minimum atomic E-state index is -1.43. The molecule has 1 aliphatic rings. The van der Waals surface area contributed by atoms with Gasteiger partial charge < -0.3 is 14.6 Å². The minimum absolute atomic E-state index is 0.0516. The molecule has 100 valence electrons. The van der Waals surface area contributed by atoms with Crippen molar-refractivity contribution in [2.45, 2.75) is 6.10 Å². The van der Waals surface area contributed by atoms with Gasteiger partial charge in [0.25, 0.3) is 5.69 Å². The van der Waals surface area contributed by atoms with Gasteiger partial charge in [0.15, 0.2) is 5.56 Å². The predicted molar refractivity (Wildman–Crippen MR) is 60.1 cm³/mol. The van der Waals surface area contributed by atoms with Crippen LogP contribution in [0.15, 0.2) is 18.2 Å². The molecule has 1 N–H and O–H groups in total. The number of carboxylic acid groups (broad SMARTS) is 1. The first kappa shape index (κ1) is 13.0. The Kier molecular flexibility index (Phi) is 3.43. The van der Waals surface area contributed by atoms with Gasteiger partial charge in [-0.2, -0.15) is 0 Å². The SMILES string of the molecule is O=C(O)c1cccc([N+](=O)[O-])c1C(=O)OCC1CO1. The van der Waals surface area contributed by atoms with Crippen molar-refractivity contribution in [3.63, 3.8) is 0 Å². The highest BCUT2D eigenvalue weighted by Gasteiger charge is 2.30. The van der Waals surface area contributed by atoms with E-state index in [1.165, 1.54) is 6.07 Å². The number of carbonyl (C=O) groups is 2. The van der Waals surface area contributed by atoms with Crippen LogP contribution in [0.3, 0.4) is 0 Å². The fourth-order valence-electron chi connectivity index (χ4n) is 1.49. The summed E-state index contributed by atoms with van der Waals surface area (Å²) in [5.41, 5.74) is -1.61. The Morgan fingerprint density at radius 3 is 2.74 bits per heavy atom. The van der Waals surface area contributed by atoms with Crippen LogP contribution in [0.2, 0.25) is 0 Å². The number of carboxylic acids is 1. The maximum absolute atomic E-state index is 11.8. The number of esters is 1. The molecule has 1 saturated heterocycles. The normalized spacial score (nSPS) is 16.7. The molecule has 1 aromatic carbocycles. The molecule has 0 saturated carbocycles. The van der Waals surface area contributed by atoms with E-state index in [4.69, 9.17) is 14.6 Å². The zero-order chi connectivity index (χ0) is 14.0. The molecule has 0 aliphatic carbocycles. The topological polar surface area (TPSA) is 119 Å². The molecule has 0 radical (unpaired) electrons. The summed E-state index contributed by atoms with van der Waals surface area (Å²) >= 11 is 0. The van der Waals surface area contributed by atoms with E-state index < -0.39 is 33.7 Å². The quantitative estimate of drug-likeness (QED) is 0.363. The first-order valence-corrected chi connectivity index (χ1v) is 5.30. The van der Waals surface area contributed by atoms with Crippen LogP contribution in [0.25, 0.3) is 0 Å². The number of ether oxygens (including phenoxy) is 2. The first-order valence-electron chi connectivity index (χ1n) is 5.30. The maximum atomic E-state index is 11.8. The average molecular weight is 267 g/mol. The number of nitro benzene ring substituents is 1. The Morgan fingerprint density at radius 2 is 2.21 bits per heavy atom. The molecule has 1 aromatic rings. The second-order valence-corrected chi connectivity index (χ2v) is 3.82. The van der Waals surface area contributed by atoms with Gasteiger partial charge in [-0.1, -0.05) is 6.07 Å². The van der Waals surface area contributed by atoms with Crippen molar-refractivity contribution >= 4 is 17.6 Å². The van der Waals surface area contributed by atoms with Crippen molar-refractivity contribution in [3.8, 4) is 0 Å². The summed E-state index contributed by atoms with van der Waals surface area (Å²) in [6.45, 7) is 0.403. The molecule has 19 heavy (non-hydrogen) atoms. The summed E-state index contributed by atoms with van der Waals surface area (Å²) in [7, 11) is 0. The number of carbonyl (C=O) groups excluding carboxylic acids is 1. The van der Waals surface area contributed by atoms with Gasteiger partial charge in [0.2, 0.25) is 0 Å². The molecule has 0 aromatic heterocycles. The molecule has 1 fully saturated rings. The van der Waals surface area contributed by atoms with E-state index in [1.54, 1.807) is 0 Å². The number of epoxide rings is 1. The molecular weight excluding hydrogens is 258 g/mol. The van der Waals surface area contributed by atoms with E-state index in [2.05, 4.69) is 0 Å². The Hall–Kier alpha value is -2.48. The lowest BCUT2D eigenvalue weighted by molar-refractivity contribution is -0.385. The van der Waals surface area contributed by atoms with Gasteiger partial charge in [-0.25, -0.2) is 9.59 Å². The Morgan fingerprint density at radius 1 is 1.53 bits per heavy atom. The number of benzene rings is 1. The molecule has 0 bridgehead atoms. The lowest BCUT2D eigenvalue weighted by atomic mass is 10.1. The highest BCUT2D eigenvalue weighted by atomic mass is 16.6. The second-order valence-electron chi connectivity index (χ2n) is 3.82. The zero-order valence-corrected chi connectivity index (χ0v) is 9.57. The number of rotatable bonds is 5. The van der Waals surface area contributed by atoms with Crippen LogP contribution in [0.1, 0.15) is 20.7 Å². The van der Waals surface area contributed by atoms with Crippen molar-refractivity contribution in [2.75, 3.05) is 13.2 Å². The Labute approximate surface area is 106 Å². The van der Waals surface area contributed by atoms with E-state index >= 15 is 0 Å². The highest BCUT2D eigenvalue weighted by Crippen LogP contribution is 2.24. The first-order chi connectivity index (χ1) is 9.00. The number of hydrogen-bond acceptors (Lipinski definition) is 6. The molecule has 1 atom stereocenters. The van der Waals surface area contributed by atoms with Crippen molar-refractivity contribution in [1.29, 1.82) is 0 Å². The van der Waals surface area contributed by atoms with E-state index in [9.17, 15) is 19.7 Å². The third kappa shape index (κ3) is 2.86. The third-order valence-electron chi connectivity index (χ3n) is 2.48. The van der Waals surface area contributed by atoms with Gasteiger partial charge >= 0.3 is 11.9 Å². The lowest BCUT2D eigenvalue weighted by Gasteiger charge is -2.06. The highest BCUT2D eigenvalue weighted by molar-refractivity contribution is 6.05. The van der Waals surface area contributed by atoms with Gasteiger partial charge in [-0.3, -0.25) is 10.1 Å². The van der Waals surface area contributed by atoms with Gasteiger partial charge in [0.05, 0.1) is 17.1 Å². The van der Waals surface area contributed by atoms with Crippen LogP contribution in [0.5, 0.6) is 0 Å². The van der Waals surface area contributed by atoms with E-state index in [0.29, 0.717) is 6.61 Å². The molecule has 0 amide bonds. The smallest absolute Gasteiger partial charge is 0.346 e. The second kappa shape index (κ2) is 5.02. The van der Waals surface area contributed by atoms with E-state index in [0.717, 1.165) is 12.1 Å². The van der Waals surface area contributed by atoms with Crippen molar-refractivity contribution in [2.24, 2.45) is 0 Å². The summed E-state index contributed by atoms with van der Waals surface area (Å²) in [6.07, 6.45) is -0.208. The standard InChI is InChI=1S/C11H9NO7/c13-10(14)7-2-1-3-8(12(16)17)9(7)11(15)19-5-6-4-18-6/h1-3,6H,4-5H2,(H,13,14). The number of nitro groups is 1. The van der Waals surface area contributed by atoms with Crippen molar-refractivity contribution in [1.82, 2.24) is 0 Å². The van der Waals surface area contributed by atoms with E-state index in [1.807, 2.05) is 0 Å². The Balaban J connectivity index is 2.35. The Bertz CT molecular complexity index is 518. The van der Waals surface area contributed by atoms with Crippen molar-refractivity contribution < 1.29 is 29.1 Å². The summed E-state index contributed by atoms with van der Waals surface area (Å²) in [5, 5.41) is 19.8. The number of nitrogens with zero attached hydrogens (tertiary/aromatic N) is 1. The molecule has 8 heteroatoms.